The first-order chi connectivity index (χ1) is 8.65. The summed E-state index contributed by atoms with van der Waals surface area (Å²) in [6, 6.07) is 3.66. The molecule has 0 bridgehead atoms. The Morgan fingerprint density at radius 3 is 2.72 bits per heavy atom. The van der Waals surface area contributed by atoms with E-state index >= 15 is 0 Å². The molecule has 94 valence electrons. The summed E-state index contributed by atoms with van der Waals surface area (Å²) in [5.41, 5.74) is 1.20. The van der Waals surface area contributed by atoms with Crippen molar-refractivity contribution in [2.75, 3.05) is 18.0 Å². The molecule has 0 aromatic carbocycles. The number of halogens is 1. The van der Waals surface area contributed by atoms with Crippen molar-refractivity contribution in [1.82, 2.24) is 14.6 Å². The molecule has 18 heavy (non-hydrogen) atoms. The fourth-order valence-electron chi connectivity index (χ4n) is 2.28. The highest BCUT2D eigenvalue weighted by Gasteiger charge is 2.19. The number of aromatic nitrogens is 3. The number of hydrogen-bond donors (Lipinski definition) is 0. The van der Waals surface area contributed by atoms with E-state index in [0.29, 0.717) is 11.3 Å². The molecule has 0 spiro atoms. The van der Waals surface area contributed by atoms with Crippen LogP contribution in [0.5, 0.6) is 0 Å². The average molecular weight is 309 g/mol. The normalized spacial score (nSPS) is 15.6. The van der Waals surface area contributed by atoms with Gasteiger partial charge in [0.15, 0.2) is 11.4 Å². The Labute approximate surface area is 113 Å². The Kier molecular flexibility index (Phi) is 2.81. The molecule has 6 heteroatoms. The van der Waals surface area contributed by atoms with E-state index in [4.69, 9.17) is 0 Å². The van der Waals surface area contributed by atoms with Gasteiger partial charge in [0.25, 0.3) is 0 Å². The molecule has 3 heterocycles. The molecular formula is C12H13BrN4O. The highest BCUT2D eigenvalue weighted by atomic mass is 79.9. The largest absolute Gasteiger partial charge is 0.356 e. The van der Waals surface area contributed by atoms with Gasteiger partial charge in [-0.2, -0.15) is 9.61 Å². The van der Waals surface area contributed by atoms with Crippen molar-refractivity contribution in [2.45, 2.75) is 19.8 Å². The lowest BCUT2D eigenvalue weighted by Gasteiger charge is -2.18. The predicted octanol–water partition coefficient (Wildman–Crippen LogP) is 2.29. The molecule has 0 atom stereocenters. The van der Waals surface area contributed by atoms with Crippen LogP contribution in [0.1, 0.15) is 30.3 Å². The van der Waals surface area contributed by atoms with E-state index in [1.165, 1.54) is 19.8 Å². The van der Waals surface area contributed by atoms with Crippen LogP contribution in [0.2, 0.25) is 0 Å². The second kappa shape index (κ2) is 4.35. The molecule has 0 unspecified atom stereocenters. The van der Waals surface area contributed by atoms with Crippen molar-refractivity contribution in [3.63, 3.8) is 0 Å². The molecule has 0 amide bonds. The topological polar surface area (TPSA) is 50.5 Å². The van der Waals surface area contributed by atoms with Crippen LogP contribution in [-0.2, 0) is 0 Å². The van der Waals surface area contributed by atoms with Crippen molar-refractivity contribution in [2.24, 2.45) is 0 Å². The van der Waals surface area contributed by atoms with E-state index in [1.54, 1.807) is 4.52 Å². The van der Waals surface area contributed by atoms with Crippen LogP contribution < -0.4 is 4.90 Å². The van der Waals surface area contributed by atoms with Gasteiger partial charge in [-0.15, -0.1) is 0 Å². The molecular weight excluding hydrogens is 296 g/mol. The first-order valence-electron chi connectivity index (χ1n) is 5.97. The summed E-state index contributed by atoms with van der Waals surface area (Å²) in [7, 11) is 0. The van der Waals surface area contributed by atoms with Crippen molar-refractivity contribution in [3.05, 3.63) is 22.4 Å². The van der Waals surface area contributed by atoms with Gasteiger partial charge in [0.1, 0.15) is 16.1 Å². The number of anilines is 1. The van der Waals surface area contributed by atoms with E-state index in [9.17, 15) is 4.79 Å². The molecule has 1 aliphatic rings. The Balaban J connectivity index is 2.22. The molecule has 2 aromatic heterocycles. The molecule has 0 N–H and O–H groups in total. The van der Waals surface area contributed by atoms with Crippen molar-refractivity contribution < 1.29 is 4.79 Å². The third-order valence-corrected chi connectivity index (χ3v) is 3.56. The summed E-state index contributed by atoms with van der Waals surface area (Å²) >= 11 is 3.35. The maximum absolute atomic E-state index is 11.5. The SMILES string of the molecule is CC(=O)c1cc(N2CCCC2)n2nc(Br)cc2n1. The number of hydrogen-bond acceptors (Lipinski definition) is 4. The van der Waals surface area contributed by atoms with Crippen LogP contribution in [0, 0.1) is 0 Å². The van der Waals surface area contributed by atoms with Crippen LogP contribution in [0.15, 0.2) is 16.7 Å². The number of rotatable bonds is 2. The minimum absolute atomic E-state index is 0.0183. The molecule has 0 saturated carbocycles. The van der Waals surface area contributed by atoms with Crippen LogP contribution in [0.3, 0.4) is 0 Å². The molecule has 1 aliphatic heterocycles. The van der Waals surface area contributed by atoms with E-state index < -0.39 is 0 Å². The van der Waals surface area contributed by atoms with Crippen LogP contribution in [0.25, 0.3) is 5.65 Å². The van der Waals surface area contributed by atoms with E-state index in [0.717, 1.165) is 23.5 Å². The van der Waals surface area contributed by atoms with Crippen LogP contribution in [0.4, 0.5) is 5.82 Å². The molecule has 1 fully saturated rings. The maximum atomic E-state index is 11.5. The number of ketones is 1. The van der Waals surface area contributed by atoms with Gasteiger partial charge in [-0.1, -0.05) is 0 Å². The van der Waals surface area contributed by atoms with Gasteiger partial charge in [-0.05, 0) is 28.8 Å². The van der Waals surface area contributed by atoms with Gasteiger partial charge in [0, 0.05) is 32.1 Å². The quantitative estimate of drug-likeness (QED) is 0.799. The Morgan fingerprint density at radius 2 is 2.06 bits per heavy atom. The fourth-order valence-corrected chi connectivity index (χ4v) is 2.65. The van der Waals surface area contributed by atoms with E-state index in [2.05, 4.69) is 30.9 Å². The van der Waals surface area contributed by atoms with E-state index in [1.807, 2.05) is 12.1 Å². The van der Waals surface area contributed by atoms with Gasteiger partial charge < -0.3 is 4.90 Å². The summed E-state index contributed by atoms with van der Waals surface area (Å²) < 4.78 is 2.53. The average Bonchev–Trinajstić information content (AvgIpc) is 2.94. The van der Waals surface area contributed by atoms with Gasteiger partial charge in [0.05, 0.1) is 0 Å². The summed E-state index contributed by atoms with van der Waals surface area (Å²) in [5, 5.41) is 4.38. The Hall–Kier alpha value is -1.43. The first-order valence-corrected chi connectivity index (χ1v) is 6.76. The number of fused-ring (bicyclic) bond motifs is 1. The minimum atomic E-state index is -0.0183. The maximum Gasteiger partial charge on any atom is 0.178 e. The summed E-state index contributed by atoms with van der Waals surface area (Å²) in [6.07, 6.45) is 2.36. The second-order valence-corrected chi connectivity index (χ2v) is 5.30. The minimum Gasteiger partial charge on any atom is -0.356 e. The van der Waals surface area contributed by atoms with Crippen molar-refractivity contribution in [1.29, 1.82) is 0 Å². The third kappa shape index (κ3) is 1.90. The Morgan fingerprint density at radius 1 is 1.33 bits per heavy atom. The zero-order chi connectivity index (χ0) is 12.7. The van der Waals surface area contributed by atoms with Crippen molar-refractivity contribution in [3.8, 4) is 0 Å². The number of Topliss-reactive ketones (excluding diaryl/α,β-unsaturated/α-hetero) is 1. The summed E-state index contributed by atoms with van der Waals surface area (Å²) in [5.74, 6) is 0.934. The zero-order valence-electron chi connectivity index (χ0n) is 10.1. The van der Waals surface area contributed by atoms with Crippen LogP contribution >= 0.6 is 15.9 Å². The van der Waals surface area contributed by atoms with Gasteiger partial charge in [0.2, 0.25) is 0 Å². The van der Waals surface area contributed by atoms with Gasteiger partial charge in [-0.3, -0.25) is 4.79 Å². The van der Waals surface area contributed by atoms with Crippen LogP contribution in [-0.4, -0.2) is 33.5 Å². The molecule has 1 saturated heterocycles. The zero-order valence-corrected chi connectivity index (χ0v) is 11.6. The van der Waals surface area contributed by atoms with Gasteiger partial charge in [-0.25, -0.2) is 4.98 Å². The lowest BCUT2D eigenvalue weighted by Crippen LogP contribution is -2.22. The smallest absolute Gasteiger partial charge is 0.178 e. The monoisotopic (exact) mass is 308 g/mol. The van der Waals surface area contributed by atoms with E-state index in [-0.39, 0.29) is 5.78 Å². The highest BCUT2D eigenvalue weighted by Crippen LogP contribution is 2.23. The number of carbonyl (C=O) groups excluding carboxylic acids is 1. The highest BCUT2D eigenvalue weighted by molar-refractivity contribution is 9.10. The summed E-state index contributed by atoms with van der Waals surface area (Å²) in [6.45, 7) is 3.56. The summed E-state index contributed by atoms with van der Waals surface area (Å²) in [4.78, 5) is 18.1. The second-order valence-electron chi connectivity index (χ2n) is 4.49. The number of carbonyl (C=O) groups is 1. The number of nitrogens with zero attached hydrogens (tertiary/aromatic N) is 4. The standard InChI is InChI=1S/C12H13BrN4O/c1-8(18)9-6-12(16-4-2-3-5-16)17-11(14-9)7-10(13)15-17/h6-7H,2-5H2,1H3. The third-order valence-electron chi connectivity index (χ3n) is 3.17. The lowest BCUT2D eigenvalue weighted by atomic mass is 10.3. The molecule has 3 rings (SSSR count). The molecule has 5 nitrogen and oxygen atoms in total. The molecule has 2 aromatic rings. The lowest BCUT2D eigenvalue weighted by molar-refractivity contribution is 0.101. The fraction of sp³-hybridized carbons (Fsp3) is 0.417. The first kappa shape index (κ1) is 11.6. The van der Waals surface area contributed by atoms with Gasteiger partial charge >= 0.3 is 0 Å². The molecule has 0 aliphatic carbocycles. The Bertz CT molecular complexity index is 616. The predicted molar refractivity (Wildman–Crippen MR) is 72.1 cm³/mol. The molecule has 0 radical (unpaired) electrons. The van der Waals surface area contributed by atoms with Crippen molar-refractivity contribution >= 4 is 33.2 Å².